The highest BCUT2D eigenvalue weighted by Gasteiger charge is 2.21. The summed E-state index contributed by atoms with van der Waals surface area (Å²) in [6.45, 7) is 5.54. The molecule has 184 valence electrons. The molecule has 1 N–H and O–H groups in total. The Morgan fingerprint density at radius 2 is 1.74 bits per heavy atom. The van der Waals surface area contributed by atoms with Gasteiger partial charge in [-0.3, -0.25) is 4.79 Å². The molecule has 35 heavy (non-hydrogen) atoms. The van der Waals surface area contributed by atoms with E-state index in [9.17, 15) is 4.79 Å². The standard InChI is InChI=1S/C27H33N5O2S/c1-21(12-13-22-8-4-3-5-9-22)30-26(33)19-35-27-18-25(28-20-29-27)32-16-14-31(15-17-32)23-10-6-7-11-24(23)34-2/h3-11,18,20-21H,12-17,19H2,1-2H3,(H,30,33)/t21-/m0/s1. The number of rotatable bonds is 10. The molecule has 1 atom stereocenters. The quantitative estimate of drug-likeness (QED) is 0.339. The summed E-state index contributed by atoms with van der Waals surface area (Å²) in [5.74, 6) is 2.17. The summed E-state index contributed by atoms with van der Waals surface area (Å²) < 4.78 is 5.52. The average molecular weight is 492 g/mol. The summed E-state index contributed by atoms with van der Waals surface area (Å²) in [6, 6.07) is 20.6. The fourth-order valence-corrected chi connectivity index (χ4v) is 4.88. The Labute approximate surface area is 211 Å². The Morgan fingerprint density at radius 3 is 2.51 bits per heavy atom. The van der Waals surface area contributed by atoms with Crippen molar-refractivity contribution in [3.63, 3.8) is 0 Å². The molecule has 4 rings (SSSR count). The third-order valence-corrected chi connectivity index (χ3v) is 7.05. The van der Waals surface area contributed by atoms with Crippen LogP contribution in [0.1, 0.15) is 18.9 Å². The number of ether oxygens (including phenoxy) is 1. The Kier molecular flexibility index (Phi) is 8.84. The van der Waals surface area contributed by atoms with Crippen molar-refractivity contribution in [3.8, 4) is 5.75 Å². The van der Waals surface area contributed by atoms with E-state index in [4.69, 9.17) is 4.74 Å². The summed E-state index contributed by atoms with van der Waals surface area (Å²) in [4.78, 5) is 25.9. The Bertz CT molecular complexity index is 1090. The number of nitrogens with one attached hydrogen (secondary N) is 1. The van der Waals surface area contributed by atoms with E-state index < -0.39 is 0 Å². The van der Waals surface area contributed by atoms with Gasteiger partial charge in [0.1, 0.15) is 22.9 Å². The first-order valence-corrected chi connectivity index (χ1v) is 13.0. The maximum Gasteiger partial charge on any atom is 0.230 e. The van der Waals surface area contributed by atoms with Gasteiger partial charge in [0, 0.05) is 38.3 Å². The number of methoxy groups -OCH3 is 1. The second-order valence-electron chi connectivity index (χ2n) is 8.64. The molecule has 7 nitrogen and oxygen atoms in total. The average Bonchev–Trinajstić information content (AvgIpc) is 2.91. The monoisotopic (exact) mass is 491 g/mol. The van der Waals surface area contributed by atoms with Crippen molar-refractivity contribution in [2.24, 2.45) is 0 Å². The fourth-order valence-electron chi connectivity index (χ4n) is 4.21. The molecule has 3 aromatic rings. The molecule has 1 fully saturated rings. The lowest BCUT2D eigenvalue weighted by molar-refractivity contribution is -0.119. The van der Waals surface area contributed by atoms with Gasteiger partial charge in [-0.25, -0.2) is 9.97 Å². The minimum atomic E-state index is 0.0288. The SMILES string of the molecule is COc1ccccc1N1CCN(c2cc(SCC(=O)N[C@@H](C)CCc3ccccc3)ncn2)CC1. The van der Waals surface area contributed by atoms with Gasteiger partial charge < -0.3 is 19.9 Å². The van der Waals surface area contributed by atoms with E-state index >= 15 is 0 Å². The van der Waals surface area contributed by atoms with Crippen LogP contribution in [0.5, 0.6) is 5.75 Å². The third-order valence-electron chi connectivity index (χ3n) is 6.12. The largest absolute Gasteiger partial charge is 0.495 e. The van der Waals surface area contributed by atoms with Crippen LogP contribution in [0.4, 0.5) is 11.5 Å². The molecule has 1 aliphatic heterocycles. The molecule has 1 aliphatic rings. The van der Waals surface area contributed by atoms with Crippen molar-refractivity contribution in [3.05, 3.63) is 72.6 Å². The molecule has 0 spiro atoms. The fraction of sp³-hybridized carbons (Fsp3) is 0.370. The molecule has 0 radical (unpaired) electrons. The smallest absolute Gasteiger partial charge is 0.230 e. The molecule has 0 saturated carbocycles. The van der Waals surface area contributed by atoms with E-state index in [0.29, 0.717) is 5.75 Å². The van der Waals surface area contributed by atoms with E-state index in [1.807, 2.05) is 42.5 Å². The number of thioether (sulfide) groups is 1. The van der Waals surface area contributed by atoms with Crippen molar-refractivity contribution in [2.45, 2.75) is 30.8 Å². The Hall–Kier alpha value is -3.26. The first-order valence-electron chi connectivity index (χ1n) is 12.0. The topological polar surface area (TPSA) is 70.6 Å². The molecular formula is C27H33N5O2S. The molecule has 1 aromatic heterocycles. The van der Waals surface area contributed by atoms with Crippen LogP contribution in [0, 0.1) is 0 Å². The number of carbonyl (C=O) groups is 1. The summed E-state index contributed by atoms with van der Waals surface area (Å²) in [5, 5.41) is 3.91. The second kappa shape index (κ2) is 12.4. The van der Waals surface area contributed by atoms with Gasteiger partial charge in [-0.1, -0.05) is 54.2 Å². The van der Waals surface area contributed by atoms with Crippen molar-refractivity contribution in [1.29, 1.82) is 0 Å². The Morgan fingerprint density at radius 1 is 1.03 bits per heavy atom. The van der Waals surface area contributed by atoms with Gasteiger partial charge in [-0.05, 0) is 37.5 Å². The molecule has 0 unspecified atom stereocenters. The van der Waals surface area contributed by atoms with E-state index in [1.165, 1.54) is 17.3 Å². The zero-order valence-electron chi connectivity index (χ0n) is 20.4. The third kappa shape index (κ3) is 7.11. The Balaban J connectivity index is 1.23. The highest BCUT2D eigenvalue weighted by Crippen LogP contribution is 2.29. The lowest BCUT2D eigenvalue weighted by Gasteiger charge is -2.37. The van der Waals surface area contributed by atoms with Crippen LogP contribution >= 0.6 is 11.8 Å². The zero-order valence-corrected chi connectivity index (χ0v) is 21.2. The highest BCUT2D eigenvalue weighted by atomic mass is 32.2. The number of piperazine rings is 1. The van der Waals surface area contributed by atoms with Crippen LogP contribution in [0.3, 0.4) is 0 Å². The summed E-state index contributed by atoms with van der Waals surface area (Å²) in [5.41, 5.74) is 2.41. The molecule has 1 saturated heterocycles. The normalized spacial score (nSPS) is 14.5. The summed E-state index contributed by atoms with van der Waals surface area (Å²) >= 11 is 1.45. The number of hydrogen-bond donors (Lipinski definition) is 1. The number of aromatic nitrogens is 2. The number of anilines is 2. The van der Waals surface area contributed by atoms with Crippen molar-refractivity contribution < 1.29 is 9.53 Å². The first-order chi connectivity index (χ1) is 17.1. The molecule has 8 heteroatoms. The predicted octanol–water partition coefficient (Wildman–Crippen LogP) is 4.04. The van der Waals surface area contributed by atoms with Crippen molar-refractivity contribution in [1.82, 2.24) is 15.3 Å². The molecule has 2 aromatic carbocycles. The first kappa shape index (κ1) is 24.9. The van der Waals surface area contributed by atoms with Crippen LogP contribution in [-0.4, -0.2) is 61.0 Å². The molecule has 0 aliphatic carbocycles. The van der Waals surface area contributed by atoms with Gasteiger partial charge in [0.2, 0.25) is 5.91 Å². The lowest BCUT2D eigenvalue weighted by Crippen LogP contribution is -2.47. The van der Waals surface area contributed by atoms with Gasteiger partial charge in [-0.2, -0.15) is 0 Å². The van der Waals surface area contributed by atoms with Gasteiger partial charge in [0.25, 0.3) is 0 Å². The van der Waals surface area contributed by atoms with Crippen LogP contribution in [0.15, 0.2) is 72.0 Å². The van der Waals surface area contributed by atoms with Crippen LogP contribution in [0.25, 0.3) is 0 Å². The number of aryl methyl sites for hydroxylation is 1. The van der Waals surface area contributed by atoms with Crippen molar-refractivity contribution >= 4 is 29.2 Å². The molecular weight excluding hydrogens is 458 g/mol. The number of carbonyl (C=O) groups excluding carboxylic acids is 1. The second-order valence-corrected chi connectivity index (χ2v) is 9.64. The maximum absolute atomic E-state index is 12.4. The van der Waals surface area contributed by atoms with Gasteiger partial charge in [-0.15, -0.1) is 0 Å². The molecule has 2 heterocycles. The van der Waals surface area contributed by atoms with Crippen LogP contribution in [0.2, 0.25) is 0 Å². The van der Waals surface area contributed by atoms with Gasteiger partial charge in [0.15, 0.2) is 0 Å². The number of nitrogens with zero attached hydrogens (tertiary/aromatic N) is 4. The van der Waals surface area contributed by atoms with Crippen LogP contribution in [-0.2, 0) is 11.2 Å². The van der Waals surface area contributed by atoms with Gasteiger partial charge >= 0.3 is 0 Å². The van der Waals surface area contributed by atoms with E-state index in [1.54, 1.807) is 13.4 Å². The summed E-state index contributed by atoms with van der Waals surface area (Å²) in [6.07, 6.45) is 3.46. The molecule has 1 amide bonds. The predicted molar refractivity (Wildman–Crippen MR) is 143 cm³/mol. The zero-order chi connectivity index (χ0) is 24.5. The maximum atomic E-state index is 12.4. The number of hydrogen-bond acceptors (Lipinski definition) is 7. The minimum absolute atomic E-state index is 0.0288. The lowest BCUT2D eigenvalue weighted by atomic mass is 10.1. The molecule has 0 bridgehead atoms. The van der Waals surface area contributed by atoms with Crippen LogP contribution < -0.4 is 19.9 Å². The number of benzene rings is 2. The number of amides is 1. The van der Waals surface area contributed by atoms with Gasteiger partial charge in [0.05, 0.1) is 18.6 Å². The van der Waals surface area contributed by atoms with E-state index in [0.717, 1.165) is 61.3 Å². The number of para-hydroxylation sites is 2. The van der Waals surface area contributed by atoms with E-state index in [-0.39, 0.29) is 11.9 Å². The van der Waals surface area contributed by atoms with Crippen molar-refractivity contribution in [2.75, 3.05) is 48.8 Å². The highest BCUT2D eigenvalue weighted by molar-refractivity contribution is 7.99. The minimum Gasteiger partial charge on any atom is -0.495 e. The summed E-state index contributed by atoms with van der Waals surface area (Å²) in [7, 11) is 1.71. The van der Waals surface area contributed by atoms with E-state index in [2.05, 4.69) is 50.2 Å².